The Hall–Kier alpha value is -0.610. The highest BCUT2D eigenvalue weighted by Gasteiger charge is 2.42. The summed E-state index contributed by atoms with van der Waals surface area (Å²) in [6, 6.07) is 0.306. The normalized spacial score (nSPS) is 35.2. The fourth-order valence-corrected chi connectivity index (χ4v) is 3.12. The molecule has 1 saturated heterocycles. The quantitative estimate of drug-likeness (QED) is 0.761. The summed E-state index contributed by atoms with van der Waals surface area (Å²) in [6.45, 7) is 4.21. The number of nitrogens with two attached hydrogens (primary N) is 1. The summed E-state index contributed by atoms with van der Waals surface area (Å²) in [5, 5.41) is 0. The van der Waals surface area contributed by atoms with Crippen molar-refractivity contribution >= 4 is 5.91 Å². The van der Waals surface area contributed by atoms with Crippen molar-refractivity contribution in [2.75, 3.05) is 26.8 Å². The molecule has 1 heterocycles. The third-order valence-electron chi connectivity index (χ3n) is 4.06. The van der Waals surface area contributed by atoms with Gasteiger partial charge in [-0.15, -0.1) is 0 Å². The first-order valence-electron chi connectivity index (χ1n) is 6.16. The highest BCUT2D eigenvalue weighted by molar-refractivity contribution is 5.79. The number of nitrogens with zero attached hydrogens (tertiary/aromatic N) is 1. The van der Waals surface area contributed by atoms with E-state index < -0.39 is 0 Å². The number of likely N-dealkylation sites (tertiary alicyclic amines) is 1. The van der Waals surface area contributed by atoms with Crippen molar-refractivity contribution in [2.45, 2.75) is 25.8 Å². The van der Waals surface area contributed by atoms with Gasteiger partial charge in [0, 0.05) is 26.2 Å². The van der Waals surface area contributed by atoms with E-state index in [0.717, 1.165) is 19.5 Å². The van der Waals surface area contributed by atoms with Gasteiger partial charge in [-0.2, -0.15) is 0 Å². The lowest BCUT2D eigenvalue weighted by molar-refractivity contribution is -0.135. The molecular weight excluding hydrogens is 204 g/mol. The van der Waals surface area contributed by atoms with E-state index in [1.54, 1.807) is 7.11 Å². The van der Waals surface area contributed by atoms with Gasteiger partial charge in [-0.25, -0.2) is 0 Å². The Bertz CT molecular complexity index is 270. The summed E-state index contributed by atoms with van der Waals surface area (Å²) in [7, 11) is 1.64. The van der Waals surface area contributed by atoms with E-state index in [1.807, 2.05) is 11.8 Å². The van der Waals surface area contributed by atoms with E-state index in [4.69, 9.17) is 10.5 Å². The molecule has 1 aliphatic heterocycles. The zero-order chi connectivity index (χ0) is 11.7. The smallest absolute Gasteiger partial charge is 0.227 e. The summed E-state index contributed by atoms with van der Waals surface area (Å²) >= 11 is 0. The molecule has 0 aromatic rings. The van der Waals surface area contributed by atoms with E-state index in [0.29, 0.717) is 24.5 Å². The monoisotopic (exact) mass is 226 g/mol. The minimum absolute atomic E-state index is 0.0277. The van der Waals surface area contributed by atoms with Gasteiger partial charge in [0.2, 0.25) is 5.91 Å². The maximum atomic E-state index is 12.1. The number of methoxy groups -OCH3 is 1. The lowest BCUT2D eigenvalue weighted by atomic mass is 9.98. The summed E-state index contributed by atoms with van der Waals surface area (Å²) in [4.78, 5) is 14.1. The number of fused-ring (bicyclic) bond motifs is 1. The van der Waals surface area contributed by atoms with Gasteiger partial charge in [0.15, 0.2) is 0 Å². The molecule has 0 aromatic heterocycles. The average Bonchev–Trinajstić information content (AvgIpc) is 2.81. The molecule has 4 unspecified atom stereocenters. The Labute approximate surface area is 97.1 Å². The first-order valence-corrected chi connectivity index (χ1v) is 6.16. The Morgan fingerprint density at radius 2 is 2.25 bits per heavy atom. The molecular formula is C12H22N2O2. The van der Waals surface area contributed by atoms with Crippen LogP contribution in [0.5, 0.6) is 0 Å². The molecule has 0 aromatic carbocycles. The summed E-state index contributed by atoms with van der Waals surface area (Å²) < 4.78 is 5.03. The van der Waals surface area contributed by atoms with E-state index >= 15 is 0 Å². The summed E-state index contributed by atoms with van der Waals surface area (Å²) in [6.07, 6.45) is 2.32. The second-order valence-corrected chi connectivity index (χ2v) is 5.26. The molecule has 4 nitrogen and oxygen atoms in total. The number of rotatable bonds is 3. The second kappa shape index (κ2) is 4.72. The predicted octanol–water partition coefficient (Wildman–Crippen LogP) is 0.465. The SMILES string of the molecule is COCC(C)C(=O)N1CC2CCC(N)C2C1. The minimum atomic E-state index is -0.0277. The molecule has 2 aliphatic rings. The maximum absolute atomic E-state index is 12.1. The third kappa shape index (κ3) is 2.09. The fourth-order valence-electron chi connectivity index (χ4n) is 3.12. The Morgan fingerprint density at radius 1 is 1.50 bits per heavy atom. The minimum Gasteiger partial charge on any atom is -0.384 e. The zero-order valence-electron chi connectivity index (χ0n) is 10.2. The Morgan fingerprint density at radius 3 is 2.88 bits per heavy atom. The molecule has 4 atom stereocenters. The molecule has 1 amide bonds. The predicted molar refractivity (Wildman–Crippen MR) is 61.8 cm³/mol. The second-order valence-electron chi connectivity index (χ2n) is 5.26. The molecule has 2 N–H and O–H groups in total. The first kappa shape index (κ1) is 11.9. The molecule has 0 radical (unpaired) electrons. The van der Waals surface area contributed by atoms with Gasteiger partial charge in [0.25, 0.3) is 0 Å². The summed E-state index contributed by atoms with van der Waals surface area (Å²) in [5.41, 5.74) is 6.05. The number of carbonyl (C=O) groups is 1. The van der Waals surface area contributed by atoms with E-state index in [2.05, 4.69) is 0 Å². The van der Waals surface area contributed by atoms with Crippen molar-refractivity contribution in [3.8, 4) is 0 Å². The number of hydrogen-bond acceptors (Lipinski definition) is 3. The average molecular weight is 226 g/mol. The van der Waals surface area contributed by atoms with Crippen molar-refractivity contribution in [3.63, 3.8) is 0 Å². The van der Waals surface area contributed by atoms with E-state index in [1.165, 1.54) is 6.42 Å². The van der Waals surface area contributed by atoms with Crippen LogP contribution in [0.1, 0.15) is 19.8 Å². The van der Waals surface area contributed by atoms with Crippen LogP contribution in [0.2, 0.25) is 0 Å². The van der Waals surface area contributed by atoms with E-state index in [9.17, 15) is 4.79 Å². The van der Waals surface area contributed by atoms with Gasteiger partial charge in [-0.1, -0.05) is 6.92 Å². The first-order chi connectivity index (χ1) is 7.63. The van der Waals surface area contributed by atoms with Crippen LogP contribution in [0.3, 0.4) is 0 Å². The van der Waals surface area contributed by atoms with Crippen LogP contribution in [0.25, 0.3) is 0 Å². The van der Waals surface area contributed by atoms with Crippen molar-refractivity contribution in [1.29, 1.82) is 0 Å². The van der Waals surface area contributed by atoms with Crippen molar-refractivity contribution in [1.82, 2.24) is 4.90 Å². The number of amides is 1. The highest BCUT2D eigenvalue weighted by atomic mass is 16.5. The van der Waals surface area contributed by atoms with Crippen molar-refractivity contribution < 1.29 is 9.53 Å². The number of ether oxygens (including phenoxy) is 1. The van der Waals surface area contributed by atoms with Gasteiger partial charge in [0.05, 0.1) is 12.5 Å². The zero-order valence-corrected chi connectivity index (χ0v) is 10.2. The topological polar surface area (TPSA) is 55.6 Å². The maximum Gasteiger partial charge on any atom is 0.227 e. The van der Waals surface area contributed by atoms with Crippen LogP contribution in [-0.4, -0.2) is 43.7 Å². The molecule has 0 spiro atoms. The van der Waals surface area contributed by atoms with E-state index in [-0.39, 0.29) is 11.8 Å². The van der Waals surface area contributed by atoms with Crippen LogP contribution < -0.4 is 5.73 Å². The van der Waals surface area contributed by atoms with Crippen LogP contribution in [0, 0.1) is 17.8 Å². The third-order valence-corrected chi connectivity index (χ3v) is 4.06. The molecule has 1 saturated carbocycles. The van der Waals surface area contributed by atoms with Crippen LogP contribution in [-0.2, 0) is 9.53 Å². The van der Waals surface area contributed by atoms with Crippen LogP contribution in [0.4, 0.5) is 0 Å². The molecule has 92 valence electrons. The Balaban J connectivity index is 1.91. The van der Waals surface area contributed by atoms with Crippen LogP contribution >= 0.6 is 0 Å². The molecule has 4 heteroatoms. The number of hydrogen-bond donors (Lipinski definition) is 1. The molecule has 1 aliphatic carbocycles. The largest absolute Gasteiger partial charge is 0.384 e. The van der Waals surface area contributed by atoms with Gasteiger partial charge in [-0.3, -0.25) is 4.79 Å². The lowest BCUT2D eigenvalue weighted by Gasteiger charge is -2.22. The van der Waals surface area contributed by atoms with Crippen molar-refractivity contribution in [2.24, 2.45) is 23.5 Å². The van der Waals surface area contributed by atoms with Gasteiger partial charge in [0.1, 0.15) is 0 Å². The lowest BCUT2D eigenvalue weighted by Crippen LogP contribution is -2.37. The fraction of sp³-hybridized carbons (Fsp3) is 0.917. The Kier molecular flexibility index (Phi) is 3.50. The molecule has 0 bridgehead atoms. The van der Waals surface area contributed by atoms with Gasteiger partial charge in [-0.05, 0) is 24.7 Å². The standard InChI is InChI=1S/C12H22N2O2/c1-8(7-16-2)12(15)14-5-9-3-4-11(13)10(9)6-14/h8-11H,3-7,13H2,1-2H3. The highest BCUT2D eigenvalue weighted by Crippen LogP contribution is 2.37. The molecule has 2 fully saturated rings. The van der Waals surface area contributed by atoms with Gasteiger partial charge < -0.3 is 15.4 Å². The number of carbonyl (C=O) groups excluding carboxylic acids is 1. The van der Waals surface area contributed by atoms with Gasteiger partial charge >= 0.3 is 0 Å². The molecule has 2 rings (SSSR count). The summed E-state index contributed by atoms with van der Waals surface area (Å²) in [5.74, 6) is 1.39. The van der Waals surface area contributed by atoms with Crippen LogP contribution in [0.15, 0.2) is 0 Å². The molecule has 16 heavy (non-hydrogen) atoms. The van der Waals surface area contributed by atoms with Crippen molar-refractivity contribution in [3.05, 3.63) is 0 Å².